The second-order valence-electron chi connectivity index (χ2n) is 30.0. The summed E-state index contributed by atoms with van der Waals surface area (Å²) in [5.74, 6) is -9.41. The van der Waals surface area contributed by atoms with E-state index in [0.717, 1.165) is 95.2 Å². The molecule has 5 aromatic rings. The normalized spacial score (nSPS) is 23.0. The molecule has 3 aliphatic heterocycles. The van der Waals surface area contributed by atoms with Crippen LogP contribution in [0.5, 0.6) is 0 Å². The van der Waals surface area contributed by atoms with Crippen molar-refractivity contribution in [1.82, 2.24) is 25.3 Å². The topological polar surface area (TPSA) is 324 Å². The van der Waals surface area contributed by atoms with Gasteiger partial charge >= 0.3 is 24.0 Å². The molecule has 9 fully saturated rings. The second kappa shape index (κ2) is 34.2. The summed E-state index contributed by atoms with van der Waals surface area (Å²) >= 11 is 0. The zero-order valence-corrected chi connectivity index (χ0v) is 60.4. The lowest BCUT2D eigenvalue weighted by Crippen LogP contribution is -2.49. The minimum Gasteiger partial charge on any atom is -0.480 e. The fourth-order valence-corrected chi connectivity index (χ4v) is 16.7. The van der Waals surface area contributed by atoms with Crippen LogP contribution in [0.3, 0.4) is 0 Å². The predicted octanol–water partition coefficient (Wildman–Crippen LogP) is 12.8. The van der Waals surface area contributed by atoms with Crippen molar-refractivity contribution in [2.75, 3.05) is 18.6 Å². The van der Waals surface area contributed by atoms with Crippen molar-refractivity contribution in [2.24, 2.45) is 41.2 Å². The summed E-state index contributed by atoms with van der Waals surface area (Å²) in [4.78, 5) is 103. The first-order chi connectivity index (χ1) is 49.3. The first kappa shape index (κ1) is 87.3. The summed E-state index contributed by atoms with van der Waals surface area (Å²) in [7, 11) is -7.10. The van der Waals surface area contributed by atoms with Crippen LogP contribution in [0.1, 0.15) is 200 Å². The van der Waals surface area contributed by atoms with E-state index in [0.29, 0.717) is 42.2 Å². The van der Waals surface area contributed by atoms with Gasteiger partial charge in [0.15, 0.2) is 31.2 Å². The average Bonchev–Trinajstić information content (AvgIpc) is 1.59. The number of nitrogens with two attached hydrogens (primary N) is 1. The number of halogens is 6. The van der Waals surface area contributed by atoms with E-state index in [9.17, 15) is 81.5 Å². The molecule has 0 aromatic heterocycles. The first-order valence-corrected chi connectivity index (χ1v) is 38.2. The number of piperidine rings is 3. The molecule has 6 N–H and O–H groups in total. The van der Waals surface area contributed by atoms with Crippen LogP contribution >= 0.6 is 0 Å². The Morgan fingerprint density at radius 1 is 0.505 bits per heavy atom. The average molecular weight is 1570 g/mol. The van der Waals surface area contributed by atoms with Crippen molar-refractivity contribution in [1.29, 1.82) is 0 Å². The summed E-state index contributed by atoms with van der Waals surface area (Å²) in [5, 5.41) is 23.7. The molecule has 5 amide bonds. The fraction of sp³-hybridized carbons (Fsp3) is 0.519. The van der Waals surface area contributed by atoms with Gasteiger partial charge < -0.3 is 45.9 Å². The Morgan fingerprint density at radius 3 is 1.22 bits per heavy atom. The summed E-state index contributed by atoms with van der Waals surface area (Å²) < 4.78 is 144. The number of rotatable bonds is 19. The van der Waals surface area contributed by atoms with Crippen molar-refractivity contribution in [3.05, 3.63) is 164 Å². The van der Waals surface area contributed by atoms with Crippen LogP contribution in [0.25, 0.3) is 0 Å². The van der Waals surface area contributed by atoms with Crippen molar-refractivity contribution >= 4 is 67.3 Å². The van der Waals surface area contributed by atoms with E-state index in [1.807, 2.05) is 0 Å². The summed E-state index contributed by atoms with van der Waals surface area (Å²) in [6.45, 7) is 9.81. The maximum Gasteiger partial charge on any atom is 0.411 e. The van der Waals surface area contributed by atoms with E-state index < -0.39 is 138 Å². The monoisotopic (exact) mass is 1570 g/mol. The van der Waals surface area contributed by atoms with Crippen LogP contribution in [0.2, 0.25) is 0 Å². The van der Waals surface area contributed by atoms with Gasteiger partial charge in [-0.3, -0.25) is 33.7 Å². The number of hydrogen-bond donors (Lipinski definition) is 5. The minimum atomic E-state index is -4.15. The zero-order chi connectivity index (χ0) is 76.4. The van der Waals surface area contributed by atoms with E-state index in [1.54, 1.807) is 27.7 Å². The van der Waals surface area contributed by atoms with E-state index in [4.69, 9.17) is 20.7 Å². The van der Waals surface area contributed by atoms with E-state index in [-0.39, 0.29) is 132 Å². The van der Waals surface area contributed by atoms with Crippen LogP contribution in [0, 0.1) is 91.2 Å². The molecule has 0 radical (unpaired) electrons. The molecule has 9 aliphatic rings. The van der Waals surface area contributed by atoms with Gasteiger partial charge in [-0.2, -0.15) is 0 Å². The van der Waals surface area contributed by atoms with Crippen molar-refractivity contribution in [3.63, 3.8) is 0 Å². The quantitative estimate of drug-likeness (QED) is 0.0379. The Kier molecular flexibility index (Phi) is 27.4. The third-order valence-corrected chi connectivity index (χ3v) is 24.0. The van der Waals surface area contributed by atoms with Crippen LogP contribution in [-0.2, 0) is 53.1 Å². The molecule has 14 rings (SSSR count). The number of carbonyl (C=O) groups excluding carboxylic acids is 6. The van der Waals surface area contributed by atoms with Gasteiger partial charge in [-0.1, -0.05) is 41.8 Å². The Hall–Kier alpha value is -8.90. The second-order valence-corrected chi connectivity index (χ2v) is 34.0. The number of aryl methyl sites for hydroxylation is 3. The third-order valence-electron chi connectivity index (χ3n) is 20.8. The number of carbonyl (C=O) groups is 8. The number of hydrogen-bond acceptors (Lipinski definition) is 15. The Balaban J connectivity index is 0.000000216. The van der Waals surface area contributed by atoms with Crippen molar-refractivity contribution in [2.45, 2.75) is 218 Å². The molecule has 5 aromatic carbocycles. The number of carboxylic acids is 2. The number of amides is 5. The van der Waals surface area contributed by atoms with Gasteiger partial charge in [0.1, 0.15) is 58.6 Å². The molecule has 0 unspecified atom stereocenters. The molecular formula is C79H100F6N6O16S2. The Morgan fingerprint density at radius 2 is 0.862 bits per heavy atom. The van der Waals surface area contributed by atoms with Crippen LogP contribution in [-0.4, -0.2) is 150 Å². The number of nitrogens with one attached hydrogen (secondary N) is 2. The lowest BCUT2D eigenvalue weighted by Gasteiger charge is -2.29. The van der Waals surface area contributed by atoms with Gasteiger partial charge in [-0.15, -0.1) is 0 Å². The SMILES string of the molecule is C.C.C.C.CC(C)(C)OC(=O)N1[C@@H](C(=O)O)C[C@H]2C[C@H]21.COC(=O)CS(=O)(=O)c1cccc(C(=O)N2[C@@H](C(=O)N[C@@H](c3cc(F)c(C)cc3F)C3CC3)C[C@H]3C[C@H]32)c1.Cc1cc(F)c([C@H](N)C2CC2)cc1F.Cc1cc(F)c([C@H](NC(=O)[C@H]2C[C@H]3C[C@H]3N2C(=O)c2cccc(S(=O)(=O)CC(=O)O)c2)C2CC2)cc1F. The smallest absolute Gasteiger partial charge is 0.411 e. The van der Waals surface area contributed by atoms with E-state index in [2.05, 4.69) is 15.4 Å². The molecule has 6 saturated carbocycles. The molecule has 3 heterocycles. The maximum absolute atomic E-state index is 14.8. The first-order valence-electron chi connectivity index (χ1n) is 34.9. The summed E-state index contributed by atoms with van der Waals surface area (Å²) in [5.41, 5.74) is 6.50. The van der Waals surface area contributed by atoms with Gasteiger partial charge in [-0.25, -0.2) is 52.8 Å². The standard InChI is InChI=1S/C27H28F2N2O6S.C26H26F2N2O6S.C11H13F2N.C11H17NO4.4CH4/c1-14-8-21(29)19(12-20(14)28)25(15-6-7-15)30-26(33)23-11-17-10-22(17)31(23)27(34)16-4-3-5-18(9-16)38(35,36)13-24(32)37-2;1-13-7-20(28)18(11-19(13)27)24(14-5-6-14)29-25(33)22-10-16-9-21(16)30(22)26(34)15-3-2-4-17(8-15)37(35,36)12-23(31)32;1-6-4-10(13)8(5-9(6)12)11(14)7-2-3-7;1-11(2,3)16-10(15)12-7-4-6(7)5-8(12)9(13)14;;;;/h3-5,8-9,12,15,17,22-23,25H,6-7,10-11,13H2,1-2H3,(H,30,33);2-4,7-8,11,14,16,21-22,24H,5-6,9-10,12H2,1H3,(H,29,33)(H,31,32);4-5,7,11H,2-3,14H2,1H3;6-8H,4-5H2,1-3H3,(H,13,14);4*1H4/t17-,22-,23-,25-;16-,21-,22-,24-;11-;6-,7-,8-;;;;/m1111..../s1. The Bertz CT molecular complexity index is 4550. The molecule has 0 bridgehead atoms. The van der Waals surface area contributed by atoms with Gasteiger partial charge in [0.25, 0.3) is 11.8 Å². The number of ether oxygens (including phenoxy) is 2. The molecule has 6 aliphatic carbocycles. The molecule has 12 atom stereocenters. The number of benzene rings is 5. The number of nitrogens with zero attached hydrogens (tertiary/aromatic N) is 3. The largest absolute Gasteiger partial charge is 0.480 e. The van der Waals surface area contributed by atoms with E-state index >= 15 is 0 Å². The highest BCUT2D eigenvalue weighted by Gasteiger charge is 2.59. The predicted molar refractivity (Wildman–Crippen MR) is 393 cm³/mol. The highest BCUT2D eigenvalue weighted by atomic mass is 32.2. The summed E-state index contributed by atoms with van der Waals surface area (Å²) in [6.07, 6.45) is 8.41. The van der Waals surface area contributed by atoms with Crippen molar-refractivity contribution in [3.8, 4) is 0 Å². The number of aliphatic carboxylic acids is 2. The zero-order valence-electron chi connectivity index (χ0n) is 58.8. The molecular weight excluding hydrogens is 1470 g/mol. The lowest BCUT2D eigenvalue weighted by molar-refractivity contribution is -0.142. The van der Waals surface area contributed by atoms with Gasteiger partial charge in [-0.05, 0) is 244 Å². The van der Waals surface area contributed by atoms with E-state index in [1.165, 1.54) is 83.1 Å². The molecule has 22 nitrogen and oxygen atoms in total. The van der Waals surface area contributed by atoms with Gasteiger partial charge in [0.05, 0.1) is 29.0 Å². The highest BCUT2D eigenvalue weighted by molar-refractivity contribution is 7.92. The Labute approximate surface area is 633 Å². The highest BCUT2D eigenvalue weighted by Crippen LogP contribution is 2.52. The van der Waals surface area contributed by atoms with Gasteiger partial charge in [0.2, 0.25) is 11.8 Å². The minimum absolute atomic E-state index is 0. The number of esters is 1. The molecule has 30 heteroatoms. The molecule has 109 heavy (non-hydrogen) atoms. The van der Waals surface area contributed by atoms with Crippen LogP contribution in [0.15, 0.2) is 94.7 Å². The number of fused-ring (bicyclic) bond motifs is 3. The van der Waals surface area contributed by atoms with Crippen LogP contribution in [0.4, 0.5) is 31.1 Å². The number of carboxylic acid groups (broad SMARTS) is 2. The molecule has 596 valence electrons. The summed E-state index contributed by atoms with van der Waals surface area (Å²) in [6, 6.07) is 13.0. The molecule has 0 spiro atoms. The number of sulfone groups is 2. The fourth-order valence-electron chi connectivity index (χ4n) is 14.4. The van der Waals surface area contributed by atoms with Crippen molar-refractivity contribution < 1.29 is 101 Å². The van der Waals surface area contributed by atoms with Gasteiger partial charge in [0, 0.05) is 52.0 Å². The molecule has 3 saturated heterocycles. The maximum atomic E-state index is 14.8. The number of methoxy groups -OCH3 is 1. The van der Waals surface area contributed by atoms with Crippen LogP contribution < -0.4 is 16.4 Å². The number of likely N-dealkylation sites (tertiary alicyclic amines) is 3. The lowest BCUT2D eigenvalue weighted by atomic mass is 9.99. The third kappa shape index (κ3) is 20.2.